The van der Waals surface area contributed by atoms with E-state index < -0.39 is 10.0 Å². The monoisotopic (exact) mass is 301 g/mol. The molecule has 2 N–H and O–H groups in total. The Morgan fingerprint density at radius 2 is 1.86 bits per heavy atom. The van der Waals surface area contributed by atoms with Gasteiger partial charge in [0.1, 0.15) is 0 Å². The summed E-state index contributed by atoms with van der Waals surface area (Å²) in [5.41, 5.74) is 7.46. The first kappa shape index (κ1) is 14.9. The lowest BCUT2D eigenvalue weighted by Crippen LogP contribution is -2.26. The molecule has 0 aliphatic rings. The van der Waals surface area contributed by atoms with E-state index in [1.54, 1.807) is 36.4 Å². The summed E-state index contributed by atoms with van der Waals surface area (Å²) >= 11 is 0. The molecule has 2 aromatic rings. The Morgan fingerprint density at radius 3 is 2.43 bits per heavy atom. The topological polar surface area (TPSA) is 87.2 Å². The first-order chi connectivity index (χ1) is 9.95. The number of rotatable bonds is 4. The maximum atomic E-state index is 12.5. The van der Waals surface area contributed by atoms with Crippen LogP contribution in [0, 0.1) is 11.3 Å². The zero-order chi connectivity index (χ0) is 15.5. The molecule has 0 spiro atoms. The molecule has 0 heterocycles. The van der Waals surface area contributed by atoms with Crippen LogP contribution in [0.1, 0.15) is 5.56 Å². The Balaban J connectivity index is 2.35. The third-order valence-corrected chi connectivity index (χ3v) is 4.90. The molecule has 108 valence electrons. The number of hydrogen-bond acceptors (Lipinski definition) is 4. The van der Waals surface area contributed by atoms with Gasteiger partial charge >= 0.3 is 0 Å². The molecular weight excluding hydrogens is 286 g/mol. The van der Waals surface area contributed by atoms with E-state index in [0.717, 1.165) is 5.56 Å². The molecule has 0 atom stereocenters. The number of nitrogens with zero attached hydrogens (tertiary/aromatic N) is 2. The number of nitrogen functional groups attached to an aromatic ring is 1. The highest BCUT2D eigenvalue weighted by Crippen LogP contribution is 2.23. The van der Waals surface area contributed by atoms with Crippen molar-refractivity contribution < 1.29 is 8.42 Å². The Labute approximate surface area is 124 Å². The van der Waals surface area contributed by atoms with E-state index in [1.807, 2.05) is 6.07 Å². The van der Waals surface area contributed by atoms with Crippen LogP contribution in [0.5, 0.6) is 0 Å². The molecule has 0 saturated heterocycles. The highest BCUT2D eigenvalue weighted by Gasteiger charge is 2.21. The lowest BCUT2D eigenvalue weighted by Gasteiger charge is -2.20. The minimum Gasteiger partial charge on any atom is -0.399 e. The predicted octanol–water partition coefficient (Wildman–Crippen LogP) is 2.16. The van der Waals surface area contributed by atoms with E-state index in [4.69, 9.17) is 11.0 Å². The van der Waals surface area contributed by atoms with E-state index in [0.29, 0.717) is 11.4 Å². The lowest BCUT2D eigenvalue weighted by molar-refractivity contribution is 0.594. The van der Waals surface area contributed by atoms with Gasteiger partial charge in [-0.05, 0) is 35.9 Å². The number of hydrogen-bond donors (Lipinski definition) is 1. The Hall–Kier alpha value is -2.52. The van der Waals surface area contributed by atoms with Gasteiger partial charge in [0.05, 0.1) is 23.1 Å². The number of nitrogens with two attached hydrogens (primary N) is 1. The van der Waals surface area contributed by atoms with Crippen molar-refractivity contribution in [2.24, 2.45) is 0 Å². The van der Waals surface area contributed by atoms with Crippen molar-refractivity contribution >= 4 is 21.4 Å². The Morgan fingerprint density at radius 1 is 1.19 bits per heavy atom. The number of nitriles is 1. The quantitative estimate of drug-likeness (QED) is 0.877. The van der Waals surface area contributed by atoms with Crippen LogP contribution < -0.4 is 10.0 Å². The molecule has 0 aromatic heterocycles. The summed E-state index contributed by atoms with van der Waals surface area (Å²) in [7, 11) is -2.17. The molecular formula is C15H15N3O2S. The molecule has 0 aliphatic heterocycles. The van der Waals surface area contributed by atoms with Gasteiger partial charge in [0.15, 0.2) is 0 Å². The third kappa shape index (κ3) is 3.15. The van der Waals surface area contributed by atoms with Gasteiger partial charge < -0.3 is 5.73 Å². The molecule has 0 fully saturated rings. The van der Waals surface area contributed by atoms with Crippen molar-refractivity contribution in [3.05, 3.63) is 54.1 Å². The lowest BCUT2D eigenvalue weighted by atomic mass is 10.2. The number of benzene rings is 2. The summed E-state index contributed by atoms with van der Waals surface area (Å²) in [6.45, 7) is 0. The van der Waals surface area contributed by atoms with E-state index >= 15 is 0 Å². The van der Waals surface area contributed by atoms with Gasteiger partial charge in [-0.1, -0.05) is 18.2 Å². The van der Waals surface area contributed by atoms with Crippen LogP contribution in [-0.2, 0) is 16.4 Å². The van der Waals surface area contributed by atoms with Gasteiger partial charge in [-0.3, -0.25) is 4.31 Å². The number of anilines is 2. The zero-order valence-corrected chi connectivity index (χ0v) is 12.3. The van der Waals surface area contributed by atoms with Crippen molar-refractivity contribution in [2.75, 3.05) is 17.1 Å². The molecule has 0 radical (unpaired) electrons. The molecule has 6 heteroatoms. The first-order valence-electron chi connectivity index (χ1n) is 6.25. The van der Waals surface area contributed by atoms with Gasteiger partial charge in [0, 0.05) is 12.7 Å². The molecule has 0 bridgehead atoms. The molecule has 0 aliphatic carbocycles. The van der Waals surface area contributed by atoms with Crippen molar-refractivity contribution in [3.63, 3.8) is 0 Å². The van der Waals surface area contributed by atoms with Crippen molar-refractivity contribution in [2.45, 2.75) is 11.3 Å². The summed E-state index contributed by atoms with van der Waals surface area (Å²) in [6, 6.07) is 15.0. The maximum Gasteiger partial charge on any atom is 0.264 e. The van der Waals surface area contributed by atoms with Crippen LogP contribution in [0.15, 0.2) is 53.4 Å². The van der Waals surface area contributed by atoms with Crippen molar-refractivity contribution in [3.8, 4) is 6.07 Å². The second-order valence-corrected chi connectivity index (χ2v) is 6.52. The fraction of sp³-hybridized carbons (Fsp3) is 0.133. The Kier molecular flexibility index (Phi) is 4.15. The SMILES string of the molecule is CN(c1cccc(N)c1)S(=O)(=O)c1ccc(CC#N)cc1. The molecule has 0 unspecified atom stereocenters. The normalized spacial score (nSPS) is 10.9. The van der Waals surface area contributed by atoms with E-state index in [-0.39, 0.29) is 11.3 Å². The summed E-state index contributed by atoms with van der Waals surface area (Å²) in [5.74, 6) is 0. The van der Waals surface area contributed by atoms with Gasteiger partial charge in [0.2, 0.25) is 0 Å². The van der Waals surface area contributed by atoms with Gasteiger partial charge in [-0.25, -0.2) is 8.42 Å². The minimum atomic E-state index is -3.65. The minimum absolute atomic E-state index is 0.175. The van der Waals surface area contributed by atoms with Crippen LogP contribution >= 0.6 is 0 Å². The van der Waals surface area contributed by atoms with E-state index in [2.05, 4.69) is 0 Å². The largest absolute Gasteiger partial charge is 0.399 e. The fourth-order valence-corrected chi connectivity index (χ4v) is 3.08. The second kappa shape index (κ2) is 5.85. The third-order valence-electron chi connectivity index (χ3n) is 3.10. The molecule has 2 rings (SSSR count). The predicted molar refractivity (Wildman–Crippen MR) is 82.2 cm³/mol. The molecule has 21 heavy (non-hydrogen) atoms. The molecule has 0 saturated carbocycles. The maximum absolute atomic E-state index is 12.5. The van der Waals surface area contributed by atoms with E-state index in [1.165, 1.54) is 23.5 Å². The summed E-state index contributed by atoms with van der Waals surface area (Å²) < 4.78 is 26.2. The van der Waals surface area contributed by atoms with Crippen LogP contribution in [-0.4, -0.2) is 15.5 Å². The molecule has 2 aromatic carbocycles. The first-order valence-corrected chi connectivity index (χ1v) is 7.69. The Bertz CT molecular complexity index is 777. The summed E-state index contributed by atoms with van der Waals surface area (Å²) in [6.07, 6.45) is 0.255. The van der Waals surface area contributed by atoms with Gasteiger partial charge in [0.25, 0.3) is 10.0 Å². The second-order valence-electron chi connectivity index (χ2n) is 4.55. The highest BCUT2D eigenvalue weighted by atomic mass is 32.2. The average Bonchev–Trinajstić information content (AvgIpc) is 2.47. The zero-order valence-electron chi connectivity index (χ0n) is 11.5. The van der Waals surface area contributed by atoms with Crippen molar-refractivity contribution in [1.82, 2.24) is 0 Å². The standard InChI is InChI=1S/C15H15N3O2S/c1-18(14-4-2-3-13(17)11-14)21(19,20)15-7-5-12(6-8-15)9-10-16/h2-8,11H,9,17H2,1H3. The van der Waals surface area contributed by atoms with E-state index in [9.17, 15) is 8.42 Å². The van der Waals surface area contributed by atoms with Crippen molar-refractivity contribution in [1.29, 1.82) is 5.26 Å². The smallest absolute Gasteiger partial charge is 0.264 e. The van der Waals surface area contributed by atoms with Crippen LogP contribution in [0.2, 0.25) is 0 Å². The summed E-state index contributed by atoms with van der Waals surface area (Å²) in [5, 5.41) is 8.62. The van der Waals surface area contributed by atoms with Crippen LogP contribution in [0.4, 0.5) is 11.4 Å². The summed E-state index contributed by atoms with van der Waals surface area (Å²) in [4.78, 5) is 0.175. The van der Waals surface area contributed by atoms with Gasteiger partial charge in [-0.2, -0.15) is 5.26 Å². The average molecular weight is 301 g/mol. The van der Waals surface area contributed by atoms with Crippen LogP contribution in [0.25, 0.3) is 0 Å². The van der Waals surface area contributed by atoms with Crippen LogP contribution in [0.3, 0.4) is 0 Å². The number of sulfonamides is 1. The fourth-order valence-electron chi connectivity index (χ4n) is 1.89. The van der Waals surface area contributed by atoms with Gasteiger partial charge in [-0.15, -0.1) is 0 Å². The molecule has 5 nitrogen and oxygen atoms in total. The highest BCUT2D eigenvalue weighted by molar-refractivity contribution is 7.92. The molecule has 0 amide bonds.